The molecule has 0 unspecified atom stereocenters. The molecule has 0 saturated heterocycles. The van der Waals surface area contributed by atoms with Gasteiger partial charge in [0, 0.05) is 21.2 Å². The van der Waals surface area contributed by atoms with E-state index < -0.39 is 0 Å². The van der Waals surface area contributed by atoms with Crippen LogP contribution in [-0.4, -0.2) is 36.3 Å². The van der Waals surface area contributed by atoms with Gasteiger partial charge in [-0.05, 0) is 53.1 Å². The van der Waals surface area contributed by atoms with Crippen LogP contribution >= 0.6 is 34.4 Å². The third kappa shape index (κ3) is 3.43. The smallest absolute Gasteiger partial charge is 0.233 e. The van der Waals surface area contributed by atoms with E-state index in [1.807, 2.05) is 23.1 Å². The number of rotatable bonds is 4. The monoisotopic (exact) mass is 429 g/mol. The van der Waals surface area contributed by atoms with E-state index in [4.69, 9.17) is 9.47 Å². The summed E-state index contributed by atoms with van der Waals surface area (Å²) < 4.78 is 11.2. The Morgan fingerprint density at radius 1 is 1.11 bits per heavy atom. The van der Waals surface area contributed by atoms with Gasteiger partial charge in [-0.1, -0.05) is 6.07 Å². The Labute approximate surface area is 176 Å². The van der Waals surface area contributed by atoms with Gasteiger partial charge in [0.05, 0.1) is 11.8 Å². The topological polar surface area (TPSA) is 38.8 Å². The highest BCUT2D eigenvalue weighted by Gasteiger charge is 2.33. The minimum absolute atomic E-state index is 0.0448. The minimum Gasteiger partial charge on any atom is -0.486 e. The van der Waals surface area contributed by atoms with E-state index >= 15 is 0 Å². The second-order valence-corrected chi connectivity index (χ2v) is 9.68. The normalized spacial score (nSPS) is 18.0. The van der Waals surface area contributed by atoms with Crippen LogP contribution in [0.5, 0.6) is 11.5 Å². The summed E-state index contributed by atoms with van der Waals surface area (Å²) in [5.41, 5.74) is 1.29. The molecule has 0 spiro atoms. The number of carbonyl (C=O) groups is 1. The first-order valence-corrected chi connectivity index (χ1v) is 12.0. The number of hydrogen-bond donors (Lipinski definition) is 0. The fraction of sp³-hybridized carbons (Fsp3) is 0.286. The average molecular weight is 430 g/mol. The summed E-state index contributed by atoms with van der Waals surface area (Å²) in [4.78, 5) is 18.9. The first-order valence-electron chi connectivity index (χ1n) is 9.21. The van der Waals surface area contributed by atoms with Crippen LogP contribution in [-0.2, 0) is 11.2 Å². The zero-order valence-electron chi connectivity index (χ0n) is 15.1. The van der Waals surface area contributed by atoms with Crippen molar-refractivity contribution >= 4 is 40.3 Å². The van der Waals surface area contributed by atoms with E-state index in [2.05, 4.69) is 29.0 Å². The Morgan fingerprint density at radius 2 is 2.00 bits per heavy atom. The molecular formula is C21H19NO3S3. The maximum atomic E-state index is 13.2. The number of hydrogen-bond acceptors (Lipinski definition) is 6. The highest BCUT2D eigenvalue weighted by molar-refractivity contribution is 8.00. The van der Waals surface area contributed by atoms with E-state index in [0.717, 1.165) is 29.4 Å². The summed E-state index contributed by atoms with van der Waals surface area (Å²) in [5, 5.41) is 4.23. The van der Waals surface area contributed by atoms with Crippen molar-refractivity contribution < 1.29 is 14.3 Å². The molecule has 2 aliphatic rings. The van der Waals surface area contributed by atoms with Crippen molar-refractivity contribution in [1.29, 1.82) is 0 Å². The highest BCUT2D eigenvalue weighted by atomic mass is 32.2. The summed E-state index contributed by atoms with van der Waals surface area (Å²) in [7, 11) is 0. The predicted molar refractivity (Wildman–Crippen MR) is 114 cm³/mol. The molecule has 0 bridgehead atoms. The average Bonchev–Trinajstić information content (AvgIpc) is 3.43. The van der Waals surface area contributed by atoms with Crippen LogP contribution in [0.25, 0.3) is 0 Å². The summed E-state index contributed by atoms with van der Waals surface area (Å²) >= 11 is 5.08. The third-order valence-corrected chi connectivity index (χ3v) is 7.87. The van der Waals surface area contributed by atoms with Gasteiger partial charge in [-0.3, -0.25) is 4.79 Å². The molecule has 2 aromatic heterocycles. The second-order valence-electron chi connectivity index (χ2n) is 6.65. The highest BCUT2D eigenvalue weighted by Crippen LogP contribution is 2.40. The summed E-state index contributed by atoms with van der Waals surface area (Å²) in [6, 6.07) is 12.3. The lowest BCUT2D eigenvalue weighted by atomic mass is 9.98. The van der Waals surface area contributed by atoms with Gasteiger partial charge in [0.15, 0.2) is 11.5 Å². The van der Waals surface area contributed by atoms with Crippen LogP contribution in [0.4, 0.5) is 0 Å². The van der Waals surface area contributed by atoms with Crippen LogP contribution in [0, 0.1) is 0 Å². The largest absolute Gasteiger partial charge is 0.486 e. The number of benzene rings is 1. The van der Waals surface area contributed by atoms with Gasteiger partial charge in [0.25, 0.3) is 0 Å². The van der Waals surface area contributed by atoms with Crippen LogP contribution in [0.15, 0.2) is 52.1 Å². The number of thioether (sulfide) groups is 1. The first kappa shape index (κ1) is 18.1. The van der Waals surface area contributed by atoms with Gasteiger partial charge in [0.2, 0.25) is 5.91 Å². The fourth-order valence-electron chi connectivity index (χ4n) is 3.68. The molecule has 1 amide bonds. The Hall–Kier alpha value is -1.96. The molecule has 7 heteroatoms. The number of ether oxygens (including phenoxy) is 2. The van der Waals surface area contributed by atoms with Crippen molar-refractivity contribution in [1.82, 2.24) is 4.90 Å². The van der Waals surface area contributed by atoms with Crippen molar-refractivity contribution in [3.8, 4) is 11.5 Å². The molecule has 144 valence electrons. The number of carbonyl (C=O) groups excluding carboxylic acids is 1. The van der Waals surface area contributed by atoms with Crippen LogP contribution < -0.4 is 9.47 Å². The molecule has 0 radical (unpaired) electrons. The molecule has 1 aromatic carbocycles. The zero-order chi connectivity index (χ0) is 18.9. The standard InChI is InChI=1S/C21H19NO3S3/c23-20(13-28-14-3-4-16-17(12-14)25-9-8-24-16)22-7-5-18-15(6-11-27-18)21(22)19-2-1-10-26-19/h1-4,6,10-12,21H,5,7-9,13H2/t21-/m1/s1. The van der Waals surface area contributed by atoms with Gasteiger partial charge < -0.3 is 14.4 Å². The van der Waals surface area contributed by atoms with E-state index in [9.17, 15) is 4.79 Å². The fourth-order valence-corrected chi connectivity index (χ4v) is 6.25. The van der Waals surface area contributed by atoms with Gasteiger partial charge in [0.1, 0.15) is 13.2 Å². The van der Waals surface area contributed by atoms with Crippen molar-refractivity contribution in [3.05, 3.63) is 62.5 Å². The lowest BCUT2D eigenvalue weighted by molar-refractivity contribution is -0.130. The van der Waals surface area contributed by atoms with Crippen molar-refractivity contribution in [3.63, 3.8) is 0 Å². The molecular weight excluding hydrogens is 410 g/mol. The first-order chi connectivity index (χ1) is 13.8. The van der Waals surface area contributed by atoms with E-state index in [1.165, 1.54) is 15.3 Å². The molecule has 4 nitrogen and oxygen atoms in total. The zero-order valence-corrected chi connectivity index (χ0v) is 17.6. The maximum Gasteiger partial charge on any atom is 0.233 e. The molecule has 3 aromatic rings. The van der Waals surface area contributed by atoms with Crippen LogP contribution in [0.3, 0.4) is 0 Å². The second kappa shape index (κ2) is 7.81. The van der Waals surface area contributed by atoms with Crippen molar-refractivity contribution in [2.45, 2.75) is 17.4 Å². The SMILES string of the molecule is O=C(CSc1ccc2c(c1)OCCO2)N1CCc2sccc2[C@@H]1c1cccs1. The molecule has 0 fully saturated rings. The summed E-state index contributed by atoms with van der Waals surface area (Å²) in [6.45, 7) is 1.93. The number of fused-ring (bicyclic) bond motifs is 2. The van der Waals surface area contributed by atoms with Crippen LogP contribution in [0.2, 0.25) is 0 Å². The number of thiophene rings is 2. The number of amides is 1. The Morgan fingerprint density at radius 3 is 2.86 bits per heavy atom. The molecule has 0 saturated carbocycles. The van der Waals surface area contributed by atoms with Crippen molar-refractivity contribution in [2.24, 2.45) is 0 Å². The molecule has 2 aliphatic heterocycles. The molecule has 5 rings (SSSR count). The van der Waals surface area contributed by atoms with Crippen molar-refractivity contribution in [2.75, 3.05) is 25.5 Å². The lowest BCUT2D eigenvalue weighted by Crippen LogP contribution is -2.40. The lowest BCUT2D eigenvalue weighted by Gasteiger charge is -2.35. The quantitative estimate of drug-likeness (QED) is 0.556. The Bertz CT molecular complexity index is 983. The van der Waals surface area contributed by atoms with E-state index in [1.54, 1.807) is 34.4 Å². The summed E-state index contributed by atoms with van der Waals surface area (Å²) in [5.74, 6) is 2.14. The predicted octanol–water partition coefficient (Wildman–Crippen LogP) is 4.85. The molecule has 0 N–H and O–H groups in total. The van der Waals surface area contributed by atoms with Gasteiger partial charge >= 0.3 is 0 Å². The minimum atomic E-state index is 0.0448. The van der Waals surface area contributed by atoms with E-state index in [0.29, 0.717) is 19.0 Å². The molecule has 28 heavy (non-hydrogen) atoms. The Kier molecular flexibility index (Phi) is 5.05. The summed E-state index contributed by atoms with van der Waals surface area (Å²) in [6.07, 6.45) is 0.940. The van der Waals surface area contributed by atoms with Crippen LogP contribution in [0.1, 0.15) is 21.4 Å². The number of nitrogens with zero attached hydrogens (tertiary/aromatic N) is 1. The molecule has 0 aliphatic carbocycles. The Balaban J connectivity index is 1.33. The van der Waals surface area contributed by atoms with Gasteiger partial charge in [-0.2, -0.15) is 0 Å². The van der Waals surface area contributed by atoms with E-state index in [-0.39, 0.29) is 11.9 Å². The maximum absolute atomic E-state index is 13.2. The van der Waals surface area contributed by atoms with Gasteiger partial charge in [-0.15, -0.1) is 34.4 Å². The third-order valence-electron chi connectivity index (χ3n) is 4.97. The van der Waals surface area contributed by atoms with Gasteiger partial charge in [-0.25, -0.2) is 0 Å². The molecule has 4 heterocycles. The molecule has 1 atom stereocenters.